The molecule has 0 bridgehead atoms. The topological polar surface area (TPSA) is 61.8 Å². The van der Waals surface area contributed by atoms with E-state index in [2.05, 4.69) is 5.32 Å². The number of piperidine rings is 1. The lowest BCUT2D eigenvalue weighted by Crippen LogP contribution is -2.64. The fourth-order valence-electron chi connectivity index (χ4n) is 4.37. The van der Waals surface area contributed by atoms with Crippen molar-refractivity contribution in [3.8, 4) is 0 Å². The van der Waals surface area contributed by atoms with Crippen molar-refractivity contribution in [2.75, 3.05) is 26.2 Å². The summed E-state index contributed by atoms with van der Waals surface area (Å²) in [5, 5.41) is 13.6. The number of amides is 1. The van der Waals surface area contributed by atoms with E-state index in [0.29, 0.717) is 6.61 Å². The average Bonchev–Trinajstić information content (AvgIpc) is 2.94. The summed E-state index contributed by atoms with van der Waals surface area (Å²) in [6.45, 7) is 7.15. The third kappa shape index (κ3) is 2.77. The van der Waals surface area contributed by atoms with Gasteiger partial charge in [-0.1, -0.05) is 0 Å². The number of halogens is 1. The van der Waals surface area contributed by atoms with Crippen LogP contribution in [-0.2, 0) is 9.53 Å². The number of hydrogen-bond acceptors (Lipinski definition) is 4. The first-order valence-corrected chi connectivity index (χ1v) is 8.36. The minimum atomic E-state index is -0.373. The van der Waals surface area contributed by atoms with Gasteiger partial charge in [0.15, 0.2) is 0 Å². The number of likely N-dealkylation sites (tertiary alicyclic amines) is 1. The molecule has 6 heteroatoms. The number of ether oxygens (including phenoxy) is 1. The third-order valence-electron chi connectivity index (χ3n) is 5.93. The van der Waals surface area contributed by atoms with E-state index in [1.54, 1.807) is 0 Å². The molecule has 3 atom stereocenters. The van der Waals surface area contributed by atoms with E-state index < -0.39 is 0 Å². The van der Waals surface area contributed by atoms with Crippen molar-refractivity contribution >= 4 is 18.3 Å². The fraction of sp³-hybridized carbons (Fsp3) is 0.938. The third-order valence-corrected chi connectivity index (χ3v) is 5.93. The molecule has 3 fully saturated rings. The number of hydrogen-bond donors (Lipinski definition) is 2. The smallest absolute Gasteiger partial charge is 0.242 e. The minimum Gasteiger partial charge on any atom is -0.392 e. The predicted molar refractivity (Wildman–Crippen MR) is 87.2 cm³/mol. The van der Waals surface area contributed by atoms with E-state index in [1.807, 2.05) is 18.7 Å². The number of carbonyl (C=O) groups is 1. The maximum atomic E-state index is 12.7. The second kappa shape index (κ2) is 6.63. The van der Waals surface area contributed by atoms with Crippen LogP contribution in [0.1, 0.15) is 46.0 Å². The molecule has 0 aromatic rings. The van der Waals surface area contributed by atoms with Crippen LogP contribution in [0.3, 0.4) is 0 Å². The predicted octanol–water partition coefficient (Wildman–Crippen LogP) is 1.33. The first-order valence-electron chi connectivity index (χ1n) is 8.36. The van der Waals surface area contributed by atoms with Gasteiger partial charge < -0.3 is 20.1 Å². The lowest BCUT2D eigenvalue weighted by Gasteiger charge is -2.57. The molecule has 2 heterocycles. The molecular formula is C16H29ClN2O3. The van der Waals surface area contributed by atoms with Crippen molar-refractivity contribution in [2.24, 2.45) is 5.41 Å². The van der Waals surface area contributed by atoms with E-state index in [4.69, 9.17) is 4.74 Å². The lowest BCUT2D eigenvalue weighted by atomic mass is 9.58. The molecule has 2 N–H and O–H groups in total. The number of aliphatic hydroxyl groups excluding tert-OH is 1. The number of rotatable bonds is 3. The Hall–Kier alpha value is -0.360. The van der Waals surface area contributed by atoms with Gasteiger partial charge >= 0.3 is 0 Å². The van der Waals surface area contributed by atoms with E-state index in [1.165, 1.54) is 0 Å². The zero-order chi connectivity index (χ0) is 15.1. The van der Waals surface area contributed by atoms with E-state index >= 15 is 0 Å². The maximum absolute atomic E-state index is 12.7. The Morgan fingerprint density at radius 3 is 2.55 bits per heavy atom. The summed E-state index contributed by atoms with van der Waals surface area (Å²) in [6, 6.07) is 0. The highest BCUT2D eigenvalue weighted by Gasteiger charge is 2.56. The molecule has 128 valence electrons. The molecule has 0 aromatic heterocycles. The summed E-state index contributed by atoms with van der Waals surface area (Å²) in [6.07, 6.45) is 4.40. The molecule has 1 aliphatic carbocycles. The van der Waals surface area contributed by atoms with Crippen molar-refractivity contribution in [3.63, 3.8) is 0 Å². The number of nitrogens with zero attached hydrogens (tertiary/aromatic N) is 1. The molecule has 1 amide bonds. The van der Waals surface area contributed by atoms with Crippen molar-refractivity contribution in [3.05, 3.63) is 0 Å². The quantitative estimate of drug-likeness (QED) is 0.818. The van der Waals surface area contributed by atoms with Gasteiger partial charge in [0.05, 0.1) is 17.7 Å². The molecule has 2 saturated heterocycles. The largest absolute Gasteiger partial charge is 0.392 e. The monoisotopic (exact) mass is 332 g/mol. The van der Waals surface area contributed by atoms with Gasteiger partial charge in [0.2, 0.25) is 5.91 Å². The van der Waals surface area contributed by atoms with Crippen molar-refractivity contribution in [2.45, 2.75) is 63.7 Å². The van der Waals surface area contributed by atoms with Crippen LogP contribution in [0.2, 0.25) is 0 Å². The van der Waals surface area contributed by atoms with Gasteiger partial charge in [-0.3, -0.25) is 4.79 Å². The summed E-state index contributed by atoms with van der Waals surface area (Å²) in [5.74, 6) is 0.233. The van der Waals surface area contributed by atoms with Gasteiger partial charge in [-0.05, 0) is 46.1 Å². The first-order chi connectivity index (χ1) is 10.0. The Morgan fingerprint density at radius 2 is 2.05 bits per heavy atom. The summed E-state index contributed by atoms with van der Waals surface area (Å²) >= 11 is 0. The van der Waals surface area contributed by atoms with Crippen LogP contribution in [0.4, 0.5) is 0 Å². The summed E-state index contributed by atoms with van der Waals surface area (Å²) in [5.41, 5.74) is -0.473. The van der Waals surface area contributed by atoms with Crippen molar-refractivity contribution in [1.82, 2.24) is 10.2 Å². The highest BCUT2D eigenvalue weighted by Crippen LogP contribution is 2.51. The SMILES string of the molecule is CCOC1CC(O)C12CCN(C(=O)C1(C)CCCN1)CC2.Cl. The molecule has 2 aliphatic heterocycles. The molecule has 22 heavy (non-hydrogen) atoms. The Labute approximate surface area is 139 Å². The average molecular weight is 333 g/mol. The van der Waals surface area contributed by atoms with Crippen LogP contribution in [0.15, 0.2) is 0 Å². The molecule has 1 spiro atoms. The molecule has 3 rings (SSSR count). The van der Waals surface area contributed by atoms with Crippen LogP contribution in [0, 0.1) is 5.41 Å². The van der Waals surface area contributed by atoms with Crippen LogP contribution >= 0.6 is 12.4 Å². The number of carbonyl (C=O) groups excluding carboxylic acids is 1. The molecule has 3 unspecified atom stereocenters. The zero-order valence-corrected chi connectivity index (χ0v) is 14.5. The van der Waals surface area contributed by atoms with Gasteiger partial charge in [0.25, 0.3) is 0 Å². The summed E-state index contributed by atoms with van der Waals surface area (Å²) in [4.78, 5) is 14.7. The van der Waals surface area contributed by atoms with Gasteiger partial charge in [0, 0.05) is 31.5 Å². The van der Waals surface area contributed by atoms with Crippen LogP contribution < -0.4 is 5.32 Å². The normalized spacial score (nSPS) is 36.8. The van der Waals surface area contributed by atoms with Gasteiger partial charge in [-0.2, -0.15) is 0 Å². The van der Waals surface area contributed by atoms with Gasteiger partial charge in [-0.25, -0.2) is 0 Å². The highest BCUT2D eigenvalue weighted by molar-refractivity contribution is 5.86. The Bertz CT molecular complexity index is 402. The van der Waals surface area contributed by atoms with E-state index in [9.17, 15) is 9.90 Å². The Balaban J connectivity index is 0.00000176. The van der Waals surface area contributed by atoms with Gasteiger partial charge in [0.1, 0.15) is 0 Å². The van der Waals surface area contributed by atoms with E-state index in [-0.39, 0.29) is 41.5 Å². The molecular weight excluding hydrogens is 304 g/mol. The second-order valence-electron chi connectivity index (χ2n) is 7.08. The molecule has 0 aromatic carbocycles. The van der Waals surface area contributed by atoms with Crippen molar-refractivity contribution < 1.29 is 14.6 Å². The van der Waals surface area contributed by atoms with E-state index in [0.717, 1.165) is 51.7 Å². The van der Waals surface area contributed by atoms with Crippen molar-refractivity contribution in [1.29, 1.82) is 0 Å². The van der Waals surface area contributed by atoms with Crippen LogP contribution in [-0.4, -0.2) is 59.9 Å². The number of nitrogens with one attached hydrogen (secondary N) is 1. The maximum Gasteiger partial charge on any atom is 0.242 e. The molecule has 3 aliphatic rings. The Morgan fingerprint density at radius 1 is 1.36 bits per heavy atom. The van der Waals surface area contributed by atoms with Gasteiger partial charge in [-0.15, -0.1) is 12.4 Å². The second-order valence-corrected chi connectivity index (χ2v) is 7.08. The fourth-order valence-corrected chi connectivity index (χ4v) is 4.37. The highest BCUT2D eigenvalue weighted by atomic mass is 35.5. The molecule has 5 nitrogen and oxygen atoms in total. The molecule has 0 radical (unpaired) electrons. The minimum absolute atomic E-state index is 0. The summed E-state index contributed by atoms with van der Waals surface area (Å²) in [7, 11) is 0. The Kier molecular flexibility index (Phi) is 5.42. The first kappa shape index (κ1) is 18.0. The summed E-state index contributed by atoms with van der Waals surface area (Å²) < 4.78 is 5.78. The standard InChI is InChI=1S/C16H28N2O3.ClH/c1-3-21-13-11-12(19)16(13)6-9-18(10-7-16)14(20)15(2)5-4-8-17-15;/h12-13,17,19H,3-11H2,1-2H3;1H. The molecule has 1 saturated carbocycles. The zero-order valence-electron chi connectivity index (χ0n) is 13.6. The van der Waals surface area contributed by atoms with Crippen LogP contribution in [0.5, 0.6) is 0 Å². The van der Waals surface area contributed by atoms with Crippen LogP contribution in [0.25, 0.3) is 0 Å². The lowest BCUT2D eigenvalue weighted by molar-refractivity contribution is -0.210. The number of aliphatic hydroxyl groups is 1.